The van der Waals surface area contributed by atoms with E-state index in [1.54, 1.807) is 20.8 Å². The molecule has 3 amide bonds. The van der Waals surface area contributed by atoms with Gasteiger partial charge in [0, 0.05) is 24.8 Å². The summed E-state index contributed by atoms with van der Waals surface area (Å²) < 4.78 is 1.58. The molecule has 1 atom stereocenters. The molecule has 2 aliphatic heterocycles. The molecular formula is C26H30N7O3-. The molecule has 0 bridgehead atoms. The van der Waals surface area contributed by atoms with E-state index < -0.39 is 12.1 Å². The summed E-state index contributed by atoms with van der Waals surface area (Å²) in [6, 6.07) is 15.5. The van der Waals surface area contributed by atoms with Gasteiger partial charge < -0.3 is 26.0 Å². The number of likely N-dealkylation sites (tertiary alicyclic amines) is 1. The van der Waals surface area contributed by atoms with Crippen molar-refractivity contribution in [2.75, 3.05) is 23.7 Å². The second kappa shape index (κ2) is 10.00. The fraction of sp³-hybridized carbons (Fsp3) is 0.346. The minimum atomic E-state index is -0.814. The number of urea groups is 1. The number of piperidine rings is 1. The van der Waals surface area contributed by atoms with E-state index in [4.69, 9.17) is 0 Å². The number of hydrogen-bond donors (Lipinski definition) is 2. The second-order valence-electron chi connectivity index (χ2n) is 9.32. The number of amides is 3. The van der Waals surface area contributed by atoms with Crippen molar-refractivity contribution in [3.63, 3.8) is 0 Å². The average molecular weight is 489 g/mol. The standard InChI is InChI=1S/C26H30N7O3/c1-18-8-10-21(11-9-18)28-26(35)29-24(20-6-4-3-5-7-20)25(34)30-14-12-22(13-15-30)31-17-23-16-27-19(2)32(23)33(31)36/h3-11,16,22,24H,12-15,17H2,1-2H3,(H2,28,29,35)/q-1. The number of aryl methyl sites for hydroxylation is 2. The molecule has 1 fully saturated rings. The number of nitrogens with zero attached hydrogens (tertiary/aromatic N) is 5. The number of nitrogens with one attached hydrogen (secondary N) is 2. The summed E-state index contributed by atoms with van der Waals surface area (Å²) in [5.74, 6) is 0.501. The molecule has 36 heavy (non-hydrogen) atoms. The smallest absolute Gasteiger partial charge is 0.320 e. The first kappa shape index (κ1) is 23.8. The van der Waals surface area contributed by atoms with Crippen LogP contribution in [-0.4, -0.2) is 50.6 Å². The third-order valence-electron chi connectivity index (χ3n) is 6.86. The molecule has 2 aliphatic rings. The minimum Gasteiger partial charge on any atom is -0.727 e. The highest BCUT2D eigenvalue weighted by Crippen LogP contribution is 2.27. The average Bonchev–Trinajstić information content (AvgIpc) is 3.43. The first-order valence-corrected chi connectivity index (χ1v) is 12.2. The summed E-state index contributed by atoms with van der Waals surface area (Å²) in [6.45, 7) is 5.31. The SMILES string of the molecule is Cc1ccc(NC(=O)NC(C(=O)N2CCC(N3Cc4cnc(C)n4N3[O-])CC2)c2ccccc2)cc1. The number of carbonyl (C=O) groups excluding carboxylic acids is 2. The van der Waals surface area contributed by atoms with Gasteiger partial charge in [-0.3, -0.25) is 4.79 Å². The van der Waals surface area contributed by atoms with Crippen LogP contribution in [0.1, 0.15) is 41.5 Å². The van der Waals surface area contributed by atoms with Crippen LogP contribution in [0, 0.1) is 19.1 Å². The number of imidazole rings is 1. The Morgan fingerprint density at radius 2 is 1.72 bits per heavy atom. The predicted octanol–water partition coefficient (Wildman–Crippen LogP) is 3.22. The molecule has 1 aromatic heterocycles. The van der Waals surface area contributed by atoms with Crippen molar-refractivity contribution < 1.29 is 9.59 Å². The first-order chi connectivity index (χ1) is 17.4. The van der Waals surface area contributed by atoms with Gasteiger partial charge in [0.2, 0.25) is 5.91 Å². The van der Waals surface area contributed by atoms with E-state index in [0.29, 0.717) is 44.0 Å². The Hall–Kier alpha value is -3.89. The van der Waals surface area contributed by atoms with Crippen LogP contribution in [0.25, 0.3) is 0 Å². The van der Waals surface area contributed by atoms with Gasteiger partial charge in [-0.25, -0.2) is 19.5 Å². The number of carbonyl (C=O) groups is 2. The molecule has 0 saturated carbocycles. The number of fused-ring (bicyclic) bond motifs is 1. The van der Waals surface area contributed by atoms with E-state index in [1.165, 1.54) is 0 Å². The molecule has 1 saturated heterocycles. The number of hydrazine groups is 1. The first-order valence-electron chi connectivity index (χ1n) is 12.2. The summed E-state index contributed by atoms with van der Waals surface area (Å²) in [6.07, 6.45) is 3.06. The van der Waals surface area contributed by atoms with Gasteiger partial charge in [-0.2, -0.15) is 0 Å². The molecule has 0 radical (unpaired) electrons. The van der Waals surface area contributed by atoms with Crippen molar-refractivity contribution in [2.45, 2.75) is 45.3 Å². The summed E-state index contributed by atoms with van der Waals surface area (Å²) >= 11 is 0. The number of anilines is 1. The molecule has 2 N–H and O–H groups in total. The van der Waals surface area contributed by atoms with Crippen molar-refractivity contribution in [1.29, 1.82) is 0 Å². The van der Waals surface area contributed by atoms with Crippen molar-refractivity contribution >= 4 is 17.6 Å². The molecule has 0 spiro atoms. The molecule has 2 aromatic carbocycles. The zero-order valence-corrected chi connectivity index (χ0v) is 20.4. The lowest BCUT2D eigenvalue weighted by atomic mass is 10.0. The maximum atomic E-state index is 13.6. The van der Waals surface area contributed by atoms with Crippen LogP contribution in [0.4, 0.5) is 10.5 Å². The third kappa shape index (κ3) is 4.77. The van der Waals surface area contributed by atoms with Gasteiger partial charge in [0.25, 0.3) is 0 Å². The van der Waals surface area contributed by atoms with E-state index in [1.807, 2.05) is 68.4 Å². The van der Waals surface area contributed by atoms with Crippen LogP contribution < -0.4 is 15.9 Å². The molecule has 10 heteroatoms. The Labute approximate surface area is 210 Å². The fourth-order valence-electron chi connectivity index (χ4n) is 4.87. The molecule has 3 heterocycles. The monoisotopic (exact) mass is 488 g/mol. The topological polar surface area (TPSA) is 109 Å². The van der Waals surface area contributed by atoms with Gasteiger partial charge in [0.05, 0.1) is 18.4 Å². The Morgan fingerprint density at radius 1 is 1.03 bits per heavy atom. The molecule has 0 aliphatic carbocycles. The van der Waals surface area contributed by atoms with E-state index in [0.717, 1.165) is 22.1 Å². The molecule has 1 unspecified atom stereocenters. The van der Waals surface area contributed by atoms with Crippen molar-refractivity contribution in [3.05, 3.63) is 88.6 Å². The molecular weight excluding hydrogens is 458 g/mol. The molecule has 188 valence electrons. The van der Waals surface area contributed by atoms with Crippen molar-refractivity contribution in [3.8, 4) is 0 Å². The van der Waals surface area contributed by atoms with Crippen LogP contribution in [0.15, 0.2) is 60.8 Å². The zero-order valence-electron chi connectivity index (χ0n) is 20.4. The molecule has 5 rings (SSSR count). The fourth-order valence-corrected chi connectivity index (χ4v) is 4.87. The van der Waals surface area contributed by atoms with Crippen LogP contribution in [0.5, 0.6) is 0 Å². The van der Waals surface area contributed by atoms with E-state index >= 15 is 0 Å². The van der Waals surface area contributed by atoms with Crippen molar-refractivity contribution in [2.24, 2.45) is 0 Å². The molecule has 3 aromatic rings. The Balaban J connectivity index is 1.24. The highest BCUT2D eigenvalue weighted by molar-refractivity contribution is 5.94. The summed E-state index contributed by atoms with van der Waals surface area (Å²) in [7, 11) is 0. The predicted molar refractivity (Wildman–Crippen MR) is 136 cm³/mol. The summed E-state index contributed by atoms with van der Waals surface area (Å²) in [5.41, 5.74) is 3.34. The Morgan fingerprint density at radius 3 is 2.39 bits per heavy atom. The summed E-state index contributed by atoms with van der Waals surface area (Å²) in [5, 5.41) is 21.2. The zero-order chi connectivity index (χ0) is 25.2. The van der Waals surface area contributed by atoms with Crippen LogP contribution in [0.2, 0.25) is 0 Å². The minimum absolute atomic E-state index is 0.0267. The lowest BCUT2D eigenvalue weighted by molar-refractivity contribution is -0.135. The largest absolute Gasteiger partial charge is 0.727 e. The summed E-state index contributed by atoms with van der Waals surface area (Å²) in [4.78, 5) is 32.4. The molecule has 10 nitrogen and oxygen atoms in total. The maximum absolute atomic E-state index is 13.6. The van der Waals surface area contributed by atoms with E-state index in [9.17, 15) is 14.8 Å². The van der Waals surface area contributed by atoms with E-state index in [2.05, 4.69) is 15.6 Å². The number of aromatic nitrogens is 2. The van der Waals surface area contributed by atoms with Gasteiger partial charge in [-0.05, 0) is 44.4 Å². The lowest BCUT2D eigenvalue weighted by Gasteiger charge is -2.44. The van der Waals surface area contributed by atoms with Crippen molar-refractivity contribution in [1.82, 2.24) is 24.9 Å². The Bertz CT molecular complexity index is 1220. The van der Waals surface area contributed by atoms with Gasteiger partial charge in [-0.15, -0.1) is 0 Å². The second-order valence-corrected chi connectivity index (χ2v) is 9.32. The van der Waals surface area contributed by atoms with Gasteiger partial charge in [-0.1, -0.05) is 48.0 Å². The number of benzene rings is 2. The highest BCUT2D eigenvalue weighted by atomic mass is 16.6. The van der Waals surface area contributed by atoms with E-state index in [-0.39, 0.29) is 11.9 Å². The van der Waals surface area contributed by atoms with Gasteiger partial charge in [0.15, 0.2) is 0 Å². The number of rotatable bonds is 5. The van der Waals surface area contributed by atoms with Gasteiger partial charge in [0.1, 0.15) is 11.9 Å². The number of hydrogen-bond acceptors (Lipinski definition) is 6. The lowest BCUT2D eigenvalue weighted by Crippen LogP contribution is -2.53. The highest BCUT2D eigenvalue weighted by Gasteiger charge is 2.35. The third-order valence-corrected chi connectivity index (χ3v) is 6.86. The van der Waals surface area contributed by atoms with Gasteiger partial charge >= 0.3 is 6.03 Å². The maximum Gasteiger partial charge on any atom is 0.320 e. The Kier molecular flexibility index (Phi) is 6.62. The van der Waals surface area contributed by atoms with Crippen LogP contribution in [-0.2, 0) is 11.3 Å². The van der Waals surface area contributed by atoms with Crippen LogP contribution in [0.3, 0.4) is 0 Å². The quantitative estimate of drug-likeness (QED) is 0.571. The van der Waals surface area contributed by atoms with Crippen LogP contribution >= 0.6 is 0 Å². The normalized spacial score (nSPS) is 17.1.